The summed E-state index contributed by atoms with van der Waals surface area (Å²) in [6.07, 6.45) is 2.83. The van der Waals surface area contributed by atoms with E-state index in [9.17, 15) is 9.90 Å². The van der Waals surface area contributed by atoms with Crippen molar-refractivity contribution in [3.63, 3.8) is 0 Å². The second kappa shape index (κ2) is 5.46. The zero-order valence-corrected chi connectivity index (χ0v) is 10.9. The highest BCUT2D eigenvalue weighted by atomic mass is 16.3. The standard InChI is InChI=1S/C15H12N4O2/c20-13-11-7-4-8-16-14(11)18-15(21)12(13)9-17-19-10-5-2-1-3-6-10/h1-9,19H,(H2,16,18,20,21)/b17-9-. The Balaban J connectivity index is 1.95. The van der Waals surface area contributed by atoms with Crippen LogP contribution in [0.2, 0.25) is 0 Å². The minimum absolute atomic E-state index is 0.0823. The average Bonchev–Trinajstić information content (AvgIpc) is 2.51. The molecule has 0 amide bonds. The number of H-pyrrole nitrogens is 1. The maximum atomic E-state index is 11.9. The van der Waals surface area contributed by atoms with Gasteiger partial charge in [0.2, 0.25) is 0 Å². The van der Waals surface area contributed by atoms with Crippen molar-refractivity contribution < 1.29 is 5.11 Å². The van der Waals surface area contributed by atoms with Crippen molar-refractivity contribution in [3.05, 3.63) is 64.6 Å². The van der Waals surface area contributed by atoms with Gasteiger partial charge in [0.25, 0.3) is 5.56 Å². The highest BCUT2D eigenvalue weighted by Gasteiger charge is 2.10. The molecule has 104 valence electrons. The van der Waals surface area contributed by atoms with E-state index < -0.39 is 5.56 Å². The summed E-state index contributed by atoms with van der Waals surface area (Å²) in [5.74, 6) is -0.138. The van der Waals surface area contributed by atoms with E-state index in [-0.39, 0.29) is 11.3 Å². The molecular weight excluding hydrogens is 268 g/mol. The number of benzene rings is 1. The number of hydrogen-bond donors (Lipinski definition) is 3. The molecule has 0 bridgehead atoms. The van der Waals surface area contributed by atoms with Crippen LogP contribution in [-0.2, 0) is 0 Å². The molecule has 0 saturated heterocycles. The van der Waals surface area contributed by atoms with Crippen LogP contribution in [0.3, 0.4) is 0 Å². The van der Waals surface area contributed by atoms with Gasteiger partial charge in [0.1, 0.15) is 17.0 Å². The first-order valence-corrected chi connectivity index (χ1v) is 6.30. The third kappa shape index (κ3) is 2.59. The summed E-state index contributed by atoms with van der Waals surface area (Å²) >= 11 is 0. The fraction of sp³-hybridized carbons (Fsp3) is 0. The molecular formula is C15H12N4O2. The van der Waals surface area contributed by atoms with Crippen LogP contribution in [0, 0.1) is 0 Å². The normalized spacial score (nSPS) is 11.0. The van der Waals surface area contributed by atoms with Crippen molar-refractivity contribution in [3.8, 4) is 5.75 Å². The molecule has 0 atom stereocenters. The van der Waals surface area contributed by atoms with Gasteiger partial charge in [0, 0.05) is 6.20 Å². The molecule has 2 heterocycles. The molecule has 3 aromatic rings. The van der Waals surface area contributed by atoms with E-state index in [0.29, 0.717) is 11.0 Å². The number of hydrogen-bond acceptors (Lipinski definition) is 5. The van der Waals surface area contributed by atoms with Crippen molar-refractivity contribution in [2.24, 2.45) is 5.10 Å². The van der Waals surface area contributed by atoms with Crippen LogP contribution in [0.15, 0.2) is 58.6 Å². The molecule has 6 heteroatoms. The molecule has 3 N–H and O–H groups in total. The summed E-state index contributed by atoms with van der Waals surface area (Å²) in [5, 5.41) is 14.6. The van der Waals surface area contributed by atoms with Crippen molar-refractivity contribution in [1.82, 2.24) is 9.97 Å². The number of aromatic amines is 1. The Morgan fingerprint density at radius 3 is 2.81 bits per heavy atom. The van der Waals surface area contributed by atoms with Gasteiger partial charge in [0.15, 0.2) is 0 Å². The SMILES string of the molecule is O=c1[nH]c2ncccc2c(O)c1/C=N\Nc1ccccc1. The van der Waals surface area contributed by atoms with Crippen LogP contribution in [0.5, 0.6) is 5.75 Å². The lowest BCUT2D eigenvalue weighted by molar-refractivity contribution is 0.479. The predicted molar refractivity (Wildman–Crippen MR) is 81.7 cm³/mol. The summed E-state index contributed by atoms with van der Waals surface area (Å²) in [7, 11) is 0. The number of nitrogens with one attached hydrogen (secondary N) is 2. The molecule has 0 aliphatic heterocycles. The van der Waals surface area contributed by atoms with Crippen LogP contribution >= 0.6 is 0 Å². The van der Waals surface area contributed by atoms with Gasteiger partial charge in [0.05, 0.1) is 17.3 Å². The minimum atomic E-state index is -0.447. The quantitative estimate of drug-likeness (QED) is 0.506. The van der Waals surface area contributed by atoms with E-state index in [1.165, 1.54) is 6.21 Å². The fourth-order valence-electron chi connectivity index (χ4n) is 1.93. The summed E-state index contributed by atoms with van der Waals surface area (Å²) in [6.45, 7) is 0. The number of para-hydroxylation sites is 1. The number of nitrogens with zero attached hydrogens (tertiary/aromatic N) is 2. The van der Waals surface area contributed by atoms with Crippen LogP contribution in [0.1, 0.15) is 5.56 Å². The first-order chi connectivity index (χ1) is 10.3. The maximum absolute atomic E-state index is 11.9. The van der Waals surface area contributed by atoms with Crippen LogP contribution in [0.4, 0.5) is 5.69 Å². The van der Waals surface area contributed by atoms with Gasteiger partial charge in [-0.25, -0.2) is 4.98 Å². The number of rotatable bonds is 3. The second-order valence-corrected chi connectivity index (χ2v) is 4.35. The van der Waals surface area contributed by atoms with Crippen LogP contribution in [0.25, 0.3) is 11.0 Å². The Hall–Kier alpha value is -3.15. The lowest BCUT2D eigenvalue weighted by Gasteiger charge is -2.03. The van der Waals surface area contributed by atoms with E-state index >= 15 is 0 Å². The Morgan fingerprint density at radius 1 is 1.19 bits per heavy atom. The summed E-state index contributed by atoms with van der Waals surface area (Å²) in [4.78, 5) is 18.5. The number of hydrazone groups is 1. The summed E-state index contributed by atoms with van der Waals surface area (Å²) in [5.41, 5.74) is 3.55. The molecule has 3 rings (SSSR count). The third-order valence-corrected chi connectivity index (χ3v) is 2.96. The van der Waals surface area contributed by atoms with Gasteiger partial charge in [-0.3, -0.25) is 10.2 Å². The minimum Gasteiger partial charge on any atom is -0.506 e. The molecule has 0 radical (unpaired) electrons. The van der Waals surface area contributed by atoms with Gasteiger partial charge in [-0.1, -0.05) is 18.2 Å². The fourth-order valence-corrected chi connectivity index (χ4v) is 1.93. The van der Waals surface area contributed by atoms with Gasteiger partial charge in [-0.05, 0) is 24.3 Å². The van der Waals surface area contributed by atoms with E-state index in [1.54, 1.807) is 18.3 Å². The summed E-state index contributed by atoms with van der Waals surface area (Å²) < 4.78 is 0. The molecule has 0 saturated carbocycles. The number of aromatic hydroxyl groups is 1. The molecule has 0 unspecified atom stereocenters. The van der Waals surface area contributed by atoms with Crippen LogP contribution < -0.4 is 11.0 Å². The van der Waals surface area contributed by atoms with Crippen LogP contribution in [-0.4, -0.2) is 21.3 Å². The highest BCUT2D eigenvalue weighted by molar-refractivity contribution is 5.93. The lowest BCUT2D eigenvalue weighted by Crippen LogP contribution is -2.13. The van der Waals surface area contributed by atoms with Crippen molar-refractivity contribution in [2.45, 2.75) is 0 Å². The molecule has 21 heavy (non-hydrogen) atoms. The maximum Gasteiger partial charge on any atom is 0.262 e. The number of fused-ring (bicyclic) bond motifs is 1. The average molecular weight is 280 g/mol. The zero-order chi connectivity index (χ0) is 14.7. The van der Waals surface area contributed by atoms with E-state index in [2.05, 4.69) is 20.5 Å². The van der Waals surface area contributed by atoms with Crippen molar-refractivity contribution in [1.29, 1.82) is 0 Å². The van der Waals surface area contributed by atoms with E-state index in [0.717, 1.165) is 5.69 Å². The van der Waals surface area contributed by atoms with Crippen molar-refractivity contribution in [2.75, 3.05) is 5.43 Å². The highest BCUT2D eigenvalue weighted by Crippen LogP contribution is 2.21. The molecule has 0 fully saturated rings. The molecule has 2 aromatic heterocycles. The molecule has 6 nitrogen and oxygen atoms in total. The van der Waals surface area contributed by atoms with Gasteiger partial charge in [-0.2, -0.15) is 5.10 Å². The van der Waals surface area contributed by atoms with E-state index in [4.69, 9.17) is 0 Å². The number of pyridine rings is 2. The van der Waals surface area contributed by atoms with Crippen molar-refractivity contribution >= 4 is 22.9 Å². The monoisotopic (exact) mass is 280 g/mol. The number of anilines is 1. The first kappa shape index (κ1) is 12.9. The largest absolute Gasteiger partial charge is 0.506 e. The summed E-state index contributed by atoms with van der Waals surface area (Å²) in [6, 6.07) is 12.7. The Labute approximate surface area is 119 Å². The third-order valence-electron chi connectivity index (χ3n) is 2.96. The first-order valence-electron chi connectivity index (χ1n) is 6.30. The Bertz CT molecular complexity index is 856. The molecule has 0 aliphatic carbocycles. The predicted octanol–water partition coefficient (Wildman–Crippen LogP) is 2.07. The van der Waals surface area contributed by atoms with Gasteiger partial charge in [-0.15, -0.1) is 0 Å². The molecule has 1 aromatic carbocycles. The molecule has 0 aliphatic rings. The topological polar surface area (TPSA) is 90.4 Å². The number of aromatic nitrogens is 2. The Kier molecular flexibility index (Phi) is 3.34. The zero-order valence-electron chi connectivity index (χ0n) is 10.9. The van der Waals surface area contributed by atoms with Gasteiger partial charge >= 0.3 is 0 Å². The lowest BCUT2D eigenvalue weighted by atomic mass is 10.2. The smallest absolute Gasteiger partial charge is 0.262 e. The molecule has 0 spiro atoms. The van der Waals surface area contributed by atoms with Gasteiger partial charge < -0.3 is 10.1 Å². The van der Waals surface area contributed by atoms with E-state index in [1.807, 2.05) is 30.3 Å². The second-order valence-electron chi connectivity index (χ2n) is 4.35. The Morgan fingerprint density at radius 2 is 2.00 bits per heavy atom.